The van der Waals surface area contributed by atoms with E-state index in [0.717, 1.165) is 17.3 Å². The molecule has 88 valence electrons. The van der Waals surface area contributed by atoms with E-state index >= 15 is 0 Å². The average Bonchev–Trinajstić information content (AvgIpc) is 2.35. The number of hydrogen-bond donors (Lipinski definition) is 0. The Morgan fingerprint density at radius 2 is 2.06 bits per heavy atom. The highest BCUT2D eigenvalue weighted by Crippen LogP contribution is 2.34. The third-order valence-corrected chi connectivity index (χ3v) is 4.16. The molecule has 2 rings (SSSR count). The van der Waals surface area contributed by atoms with Crippen LogP contribution in [0.3, 0.4) is 0 Å². The summed E-state index contributed by atoms with van der Waals surface area (Å²) in [5, 5.41) is 0. The smallest absolute Gasteiger partial charge is 0.162 e. The Morgan fingerprint density at radius 1 is 1.31 bits per heavy atom. The van der Waals surface area contributed by atoms with Crippen molar-refractivity contribution in [2.45, 2.75) is 11.8 Å². The summed E-state index contributed by atoms with van der Waals surface area (Å²) in [7, 11) is 0. The minimum atomic E-state index is 0.528. The van der Waals surface area contributed by atoms with Gasteiger partial charge >= 0.3 is 0 Å². The molecule has 0 aliphatic carbocycles. The Morgan fingerprint density at radius 3 is 2.81 bits per heavy atom. The van der Waals surface area contributed by atoms with Crippen LogP contribution in [-0.4, -0.2) is 24.8 Å². The number of thioether (sulfide) groups is 1. The monoisotopic (exact) mass is 258 g/mol. The van der Waals surface area contributed by atoms with Gasteiger partial charge in [0.2, 0.25) is 0 Å². The molecule has 0 spiro atoms. The van der Waals surface area contributed by atoms with Gasteiger partial charge in [-0.1, -0.05) is 6.92 Å². The molecule has 0 saturated heterocycles. The Hall–Kier alpha value is -0.540. The van der Waals surface area contributed by atoms with Crippen molar-refractivity contribution in [3.05, 3.63) is 18.2 Å². The van der Waals surface area contributed by atoms with E-state index in [2.05, 4.69) is 13.0 Å². The second kappa shape index (κ2) is 5.69. The normalized spacial score (nSPS) is 15.9. The van der Waals surface area contributed by atoms with Crippen LogP contribution in [0.1, 0.15) is 6.92 Å². The highest BCUT2D eigenvalue weighted by Gasteiger charge is 2.12. The Balaban J connectivity index is 2.00. The van der Waals surface area contributed by atoms with E-state index in [1.54, 1.807) is 11.8 Å². The molecule has 2 nitrogen and oxygen atoms in total. The first kappa shape index (κ1) is 11.9. The molecule has 1 aromatic carbocycles. The van der Waals surface area contributed by atoms with Gasteiger partial charge in [-0.25, -0.2) is 0 Å². The van der Waals surface area contributed by atoms with Gasteiger partial charge in [0.25, 0.3) is 0 Å². The zero-order valence-corrected chi connectivity index (χ0v) is 10.8. The molecule has 1 aromatic rings. The van der Waals surface area contributed by atoms with Crippen LogP contribution in [0.4, 0.5) is 0 Å². The lowest BCUT2D eigenvalue weighted by Crippen LogP contribution is -2.15. The molecular formula is C12H15ClO2S. The molecule has 0 amide bonds. The van der Waals surface area contributed by atoms with Gasteiger partial charge in [-0.15, -0.1) is 23.4 Å². The summed E-state index contributed by atoms with van der Waals surface area (Å²) < 4.78 is 11.0. The molecule has 0 bridgehead atoms. The van der Waals surface area contributed by atoms with Crippen molar-refractivity contribution in [1.29, 1.82) is 0 Å². The van der Waals surface area contributed by atoms with Crippen LogP contribution in [0.15, 0.2) is 23.1 Å². The summed E-state index contributed by atoms with van der Waals surface area (Å²) in [6, 6.07) is 6.08. The molecule has 0 radical (unpaired) electrons. The number of fused-ring (bicyclic) bond motifs is 1. The Labute approximate surface area is 105 Å². The SMILES string of the molecule is CC(CCl)CSc1ccc2c(c1)OCCO2. The highest BCUT2D eigenvalue weighted by molar-refractivity contribution is 7.99. The second-order valence-electron chi connectivity index (χ2n) is 3.88. The first-order valence-electron chi connectivity index (χ1n) is 5.38. The van der Waals surface area contributed by atoms with Crippen LogP contribution in [0, 0.1) is 5.92 Å². The number of halogens is 1. The molecule has 4 heteroatoms. The van der Waals surface area contributed by atoms with Gasteiger partial charge < -0.3 is 9.47 Å². The maximum Gasteiger partial charge on any atom is 0.162 e. The summed E-state index contributed by atoms with van der Waals surface area (Å²) in [4.78, 5) is 1.21. The van der Waals surface area contributed by atoms with Crippen molar-refractivity contribution >= 4 is 23.4 Å². The van der Waals surface area contributed by atoms with Gasteiger partial charge in [0.1, 0.15) is 13.2 Å². The summed E-state index contributed by atoms with van der Waals surface area (Å²) in [6.07, 6.45) is 0. The molecule has 0 fully saturated rings. The Bertz CT molecular complexity index is 357. The Kier molecular flexibility index (Phi) is 4.24. The largest absolute Gasteiger partial charge is 0.486 e. The molecule has 1 aliphatic heterocycles. The summed E-state index contributed by atoms with van der Waals surface area (Å²) in [5.74, 6) is 3.97. The van der Waals surface area contributed by atoms with E-state index in [9.17, 15) is 0 Å². The maximum absolute atomic E-state index is 5.78. The van der Waals surface area contributed by atoms with Crippen molar-refractivity contribution in [3.8, 4) is 11.5 Å². The topological polar surface area (TPSA) is 18.5 Å². The minimum Gasteiger partial charge on any atom is -0.486 e. The fourth-order valence-corrected chi connectivity index (χ4v) is 2.58. The fraction of sp³-hybridized carbons (Fsp3) is 0.500. The molecular weight excluding hydrogens is 244 g/mol. The van der Waals surface area contributed by atoms with Crippen molar-refractivity contribution in [2.75, 3.05) is 24.8 Å². The van der Waals surface area contributed by atoms with Gasteiger partial charge in [-0.2, -0.15) is 0 Å². The van der Waals surface area contributed by atoms with Gasteiger partial charge in [0.15, 0.2) is 11.5 Å². The van der Waals surface area contributed by atoms with Crippen LogP contribution in [0.5, 0.6) is 11.5 Å². The number of alkyl halides is 1. The van der Waals surface area contributed by atoms with Gasteiger partial charge in [-0.3, -0.25) is 0 Å². The molecule has 0 aromatic heterocycles. The number of ether oxygens (including phenoxy) is 2. The predicted molar refractivity (Wildman–Crippen MR) is 68.0 cm³/mol. The fourth-order valence-electron chi connectivity index (χ4n) is 1.40. The lowest BCUT2D eigenvalue weighted by atomic mass is 10.3. The van der Waals surface area contributed by atoms with Crippen LogP contribution in [0.2, 0.25) is 0 Å². The van der Waals surface area contributed by atoms with Crippen LogP contribution >= 0.6 is 23.4 Å². The molecule has 1 unspecified atom stereocenters. The third-order valence-electron chi connectivity index (χ3n) is 2.31. The molecule has 1 aliphatic rings. The van der Waals surface area contributed by atoms with E-state index in [0.29, 0.717) is 25.0 Å². The van der Waals surface area contributed by atoms with E-state index in [1.165, 1.54) is 4.90 Å². The summed E-state index contributed by atoms with van der Waals surface area (Å²) in [6.45, 7) is 3.43. The van der Waals surface area contributed by atoms with Crippen molar-refractivity contribution in [2.24, 2.45) is 5.92 Å². The average molecular weight is 259 g/mol. The molecule has 16 heavy (non-hydrogen) atoms. The molecule has 0 saturated carbocycles. The number of benzene rings is 1. The predicted octanol–water partition coefficient (Wildman–Crippen LogP) is 3.42. The first-order valence-corrected chi connectivity index (χ1v) is 6.90. The van der Waals surface area contributed by atoms with E-state index in [-0.39, 0.29) is 0 Å². The van der Waals surface area contributed by atoms with Crippen molar-refractivity contribution < 1.29 is 9.47 Å². The quantitative estimate of drug-likeness (QED) is 0.609. The zero-order valence-electron chi connectivity index (χ0n) is 9.24. The van der Waals surface area contributed by atoms with Gasteiger partial charge in [0.05, 0.1) is 0 Å². The molecule has 1 heterocycles. The van der Waals surface area contributed by atoms with Gasteiger partial charge in [0, 0.05) is 16.5 Å². The maximum atomic E-state index is 5.78. The number of rotatable bonds is 4. The first-order chi connectivity index (χ1) is 7.79. The van der Waals surface area contributed by atoms with E-state index in [4.69, 9.17) is 21.1 Å². The zero-order chi connectivity index (χ0) is 11.4. The van der Waals surface area contributed by atoms with Crippen molar-refractivity contribution in [3.63, 3.8) is 0 Å². The van der Waals surface area contributed by atoms with E-state index < -0.39 is 0 Å². The minimum absolute atomic E-state index is 0.528. The summed E-state index contributed by atoms with van der Waals surface area (Å²) in [5.41, 5.74) is 0. The van der Waals surface area contributed by atoms with Crippen LogP contribution in [-0.2, 0) is 0 Å². The van der Waals surface area contributed by atoms with Crippen LogP contribution < -0.4 is 9.47 Å². The standard InChI is InChI=1S/C12H15ClO2S/c1-9(7-13)8-16-10-2-3-11-12(6-10)15-5-4-14-11/h2-3,6,9H,4-5,7-8H2,1H3. The third kappa shape index (κ3) is 2.98. The molecule has 1 atom stereocenters. The van der Waals surface area contributed by atoms with Crippen molar-refractivity contribution in [1.82, 2.24) is 0 Å². The molecule has 0 N–H and O–H groups in total. The van der Waals surface area contributed by atoms with Gasteiger partial charge in [-0.05, 0) is 24.1 Å². The summed E-state index contributed by atoms with van der Waals surface area (Å²) >= 11 is 7.58. The highest BCUT2D eigenvalue weighted by atomic mass is 35.5. The van der Waals surface area contributed by atoms with Crippen LogP contribution in [0.25, 0.3) is 0 Å². The number of hydrogen-bond acceptors (Lipinski definition) is 3. The second-order valence-corrected chi connectivity index (χ2v) is 5.28. The van der Waals surface area contributed by atoms with E-state index in [1.807, 2.05) is 12.1 Å². The lowest BCUT2D eigenvalue weighted by molar-refractivity contribution is 0.171. The lowest BCUT2D eigenvalue weighted by Gasteiger charge is -2.18.